The fourth-order valence-electron chi connectivity index (χ4n) is 3.72. The smallest absolute Gasteiger partial charge is 0.433 e. The fraction of sp³-hybridized carbons (Fsp3) is 0.455. The zero-order valence-electron chi connectivity index (χ0n) is 18.4. The van der Waals surface area contributed by atoms with E-state index in [0.29, 0.717) is 17.1 Å². The summed E-state index contributed by atoms with van der Waals surface area (Å²) in [6, 6.07) is 4.54. The molecule has 0 aliphatic carbocycles. The van der Waals surface area contributed by atoms with Crippen LogP contribution in [0.4, 0.5) is 23.7 Å². The first-order valence-corrected chi connectivity index (χ1v) is 10.7. The molecule has 0 N–H and O–H groups in total. The summed E-state index contributed by atoms with van der Waals surface area (Å²) in [7, 11) is 1.42. The summed E-state index contributed by atoms with van der Waals surface area (Å²) < 4.78 is 43.5. The Morgan fingerprint density at radius 2 is 2.00 bits per heavy atom. The first-order valence-electron chi connectivity index (χ1n) is 10.3. The molecule has 33 heavy (non-hydrogen) atoms. The summed E-state index contributed by atoms with van der Waals surface area (Å²) >= 11 is 5.97. The molecule has 7 nitrogen and oxygen atoms in total. The second kappa shape index (κ2) is 9.94. The number of nitrogens with zero attached hydrogens (tertiary/aromatic N) is 4. The normalized spacial score (nSPS) is 16.6. The third kappa shape index (κ3) is 5.93. The van der Waals surface area contributed by atoms with Gasteiger partial charge in [0, 0.05) is 6.54 Å². The predicted molar refractivity (Wildman–Crippen MR) is 116 cm³/mol. The molecule has 2 aromatic rings. The zero-order valence-corrected chi connectivity index (χ0v) is 19.2. The largest absolute Gasteiger partial charge is 0.480 e. The van der Waals surface area contributed by atoms with Crippen molar-refractivity contribution >= 4 is 29.1 Å². The van der Waals surface area contributed by atoms with Crippen LogP contribution >= 0.6 is 11.6 Å². The number of ketones is 1. The number of carbonyl (C=O) groups is 2. The lowest BCUT2D eigenvalue weighted by atomic mass is 10.0. The van der Waals surface area contributed by atoms with Crippen LogP contribution in [0.1, 0.15) is 31.7 Å². The summed E-state index contributed by atoms with van der Waals surface area (Å²) in [5.74, 6) is 0.215. The van der Waals surface area contributed by atoms with Crippen molar-refractivity contribution in [2.75, 3.05) is 25.1 Å². The maximum Gasteiger partial charge on any atom is 0.433 e. The monoisotopic (exact) mass is 484 g/mol. The Kier molecular flexibility index (Phi) is 7.46. The van der Waals surface area contributed by atoms with Crippen LogP contribution in [0.2, 0.25) is 5.02 Å². The van der Waals surface area contributed by atoms with E-state index >= 15 is 0 Å². The van der Waals surface area contributed by atoms with Gasteiger partial charge in [-0.1, -0.05) is 25.4 Å². The maximum atomic E-state index is 13.1. The number of ether oxygens (including phenoxy) is 1. The minimum Gasteiger partial charge on any atom is -0.480 e. The van der Waals surface area contributed by atoms with Gasteiger partial charge in [-0.25, -0.2) is 14.8 Å². The highest BCUT2D eigenvalue weighted by molar-refractivity contribution is 6.31. The number of Topliss-reactive ketones (excluding diaryl/α,β-unsaturated/α-hetero) is 1. The summed E-state index contributed by atoms with van der Waals surface area (Å²) in [5.41, 5.74) is -0.326. The van der Waals surface area contributed by atoms with E-state index in [-0.39, 0.29) is 48.8 Å². The number of amides is 2. The lowest BCUT2D eigenvalue weighted by molar-refractivity contribution is -0.141. The molecule has 1 saturated heterocycles. The van der Waals surface area contributed by atoms with Crippen molar-refractivity contribution in [1.29, 1.82) is 0 Å². The highest BCUT2D eigenvalue weighted by Crippen LogP contribution is 2.31. The molecular formula is C22H24ClF3N4O3. The number of pyridine rings is 2. The van der Waals surface area contributed by atoms with Gasteiger partial charge < -0.3 is 9.64 Å². The summed E-state index contributed by atoms with van der Waals surface area (Å²) in [6.07, 6.45) is -2.92. The number of carbonyl (C=O) groups excluding carboxylic acids is 2. The maximum absolute atomic E-state index is 13.1. The van der Waals surface area contributed by atoms with Crippen LogP contribution in [0.3, 0.4) is 0 Å². The Balaban J connectivity index is 1.76. The molecule has 3 rings (SSSR count). The lowest BCUT2D eigenvalue weighted by Crippen LogP contribution is -2.40. The minimum absolute atomic E-state index is 0.0203. The highest BCUT2D eigenvalue weighted by Gasteiger charge is 2.40. The van der Waals surface area contributed by atoms with Gasteiger partial charge in [0.2, 0.25) is 5.88 Å². The standard InChI is InChI=1S/C22H24ClF3N4O3/c1-13(2)8-16-11-29(15-5-7-19(27-10-15)22(24,25)26)21(32)30(16)12-17(31)9-14-4-6-18(23)20(28-14)33-3/h4-7,10,13,16H,8-9,11-12H2,1-3H3/t16-/m0/s1. The number of anilines is 1. The number of aromatic nitrogens is 2. The van der Waals surface area contributed by atoms with Gasteiger partial charge in [-0.3, -0.25) is 9.69 Å². The van der Waals surface area contributed by atoms with Crippen LogP contribution in [-0.2, 0) is 17.4 Å². The number of urea groups is 1. The lowest BCUT2D eigenvalue weighted by Gasteiger charge is -2.23. The van der Waals surface area contributed by atoms with Gasteiger partial charge >= 0.3 is 12.2 Å². The number of hydrogen-bond acceptors (Lipinski definition) is 5. The van der Waals surface area contributed by atoms with Gasteiger partial charge in [-0.05, 0) is 36.6 Å². The molecular weight excluding hydrogens is 461 g/mol. The molecule has 0 aromatic carbocycles. The molecule has 1 atom stereocenters. The fourth-order valence-corrected chi connectivity index (χ4v) is 3.90. The Hall–Kier alpha value is -2.88. The van der Waals surface area contributed by atoms with Crippen molar-refractivity contribution in [2.45, 2.75) is 38.9 Å². The Labute approximate surface area is 194 Å². The van der Waals surface area contributed by atoms with Crippen molar-refractivity contribution in [3.63, 3.8) is 0 Å². The number of halogens is 4. The second-order valence-electron chi connectivity index (χ2n) is 8.21. The average Bonchev–Trinajstić information content (AvgIpc) is 3.03. The molecule has 3 heterocycles. The number of methoxy groups -OCH3 is 1. The van der Waals surface area contributed by atoms with Crippen LogP contribution in [-0.4, -0.2) is 52.9 Å². The molecule has 1 aliphatic heterocycles. The van der Waals surface area contributed by atoms with E-state index < -0.39 is 17.9 Å². The summed E-state index contributed by atoms with van der Waals surface area (Å²) in [5, 5.41) is 0.321. The third-order valence-corrected chi connectivity index (χ3v) is 5.48. The van der Waals surface area contributed by atoms with Gasteiger partial charge in [0.05, 0.1) is 43.7 Å². The van der Waals surface area contributed by atoms with E-state index in [1.807, 2.05) is 13.8 Å². The molecule has 2 amide bonds. The molecule has 0 unspecified atom stereocenters. The van der Waals surface area contributed by atoms with Crippen molar-refractivity contribution in [3.8, 4) is 5.88 Å². The first-order chi connectivity index (χ1) is 15.5. The molecule has 11 heteroatoms. The van der Waals surface area contributed by atoms with E-state index in [0.717, 1.165) is 12.3 Å². The van der Waals surface area contributed by atoms with Gasteiger partial charge in [0.25, 0.3) is 0 Å². The second-order valence-corrected chi connectivity index (χ2v) is 8.62. The van der Waals surface area contributed by atoms with Gasteiger partial charge in [-0.2, -0.15) is 13.2 Å². The molecule has 0 saturated carbocycles. The highest BCUT2D eigenvalue weighted by atomic mass is 35.5. The molecule has 2 aromatic heterocycles. The summed E-state index contributed by atoms with van der Waals surface area (Å²) in [4.78, 5) is 36.3. The van der Waals surface area contributed by atoms with Gasteiger partial charge in [0.15, 0.2) is 5.78 Å². The molecule has 1 aliphatic rings. The summed E-state index contributed by atoms with van der Waals surface area (Å²) in [6.45, 7) is 4.10. The van der Waals surface area contributed by atoms with E-state index in [1.165, 1.54) is 23.0 Å². The Morgan fingerprint density at radius 3 is 2.58 bits per heavy atom. The molecule has 1 fully saturated rings. The molecule has 0 radical (unpaired) electrons. The van der Waals surface area contributed by atoms with Crippen LogP contribution in [0.15, 0.2) is 30.5 Å². The van der Waals surface area contributed by atoms with E-state index in [9.17, 15) is 22.8 Å². The quantitative estimate of drug-likeness (QED) is 0.546. The molecule has 178 valence electrons. The van der Waals surface area contributed by atoms with Crippen LogP contribution in [0, 0.1) is 5.92 Å². The van der Waals surface area contributed by atoms with Crippen molar-refractivity contribution < 1.29 is 27.5 Å². The zero-order chi connectivity index (χ0) is 24.3. The molecule has 0 spiro atoms. The van der Waals surface area contributed by atoms with Crippen molar-refractivity contribution in [2.24, 2.45) is 5.92 Å². The van der Waals surface area contributed by atoms with Crippen LogP contribution in [0.5, 0.6) is 5.88 Å². The van der Waals surface area contributed by atoms with E-state index in [4.69, 9.17) is 16.3 Å². The van der Waals surface area contributed by atoms with Gasteiger partial charge in [0.1, 0.15) is 10.7 Å². The van der Waals surface area contributed by atoms with E-state index in [2.05, 4.69) is 9.97 Å². The van der Waals surface area contributed by atoms with Crippen molar-refractivity contribution in [1.82, 2.24) is 14.9 Å². The predicted octanol–water partition coefficient (Wildman–Crippen LogP) is 4.63. The van der Waals surface area contributed by atoms with Crippen LogP contribution < -0.4 is 9.64 Å². The van der Waals surface area contributed by atoms with Gasteiger partial charge in [-0.15, -0.1) is 0 Å². The van der Waals surface area contributed by atoms with Crippen LogP contribution in [0.25, 0.3) is 0 Å². The SMILES string of the molecule is COc1nc(CC(=O)CN2C(=O)N(c3ccc(C(F)(F)F)nc3)C[C@@H]2CC(C)C)ccc1Cl. The number of alkyl halides is 3. The third-order valence-electron chi connectivity index (χ3n) is 5.19. The topological polar surface area (TPSA) is 75.6 Å². The Bertz CT molecular complexity index is 1010. The molecule has 0 bridgehead atoms. The van der Waals surface area contributed by atoms with Crippen molar-refractivity contribution in [3.05, 3.63) is 46.9 Å². The Morgan fingerprint density at radius 1 is 1.27 bits per heavy atom. The van der Waals surface area contributed by atoms with E-state index in [1.54, 1.807) is 12.1 Å². The first kappa shape index (κ1) is 24.8. The minimum atomic E-state index is -4.56. The number of hydrogen-bond donors (Lipinski definition) is 0. The average molecular weight is 485 g/mol. The number of rotatable bonds is 8.